The molecule has 0 N–H and O–H groups in total. The molecule has 4 nitrogen and oxygen atoms in total. The predicted octanol–water partition coefficient (Wildman–Crippen LogP) is 4.69. The highest BCUT2D eigenvalue weighted by Gasteiger charge is 2.12. The second kappa shape index (κ2) is 7.28. The number of hydrogen-bond acceptors (Lipinski definition) is 4. The van der Waals surface area contributed by atoms with Gasteiger partial charge in [-0.3, -0.25) is 4.79 Å². The van der Waals surface area contributed by atoms with Crippen molar-refractivity contribution in [2.75, 3.05) is 0 Å². The van der Waals surface area contributed by atoms with Crippen LogP contribution < -0.4 is 10.1 Å². The molecule has 0 aliphatic heterocycles. The molecule has 0 spiro atoms. The summed E-state index contributed by atoms with van der Waals surface area (Å²) in [4.78, 5) is 17.8. The first kappa shape index (κ1) is 17.8. The van der Waals surface area contributed by atoms with E-state index in [2.05, 4.69) is 34.3 Å². The molecule has 0 aliphatic carbocycles. The molecular formula is C23H14ClN3OS. The van der Waals surface area contributed by atoms with Gasteiger partial charge in [0.25, 0.3) is 5.56 Å². The second-order valence-corrected chi connectivity index (χ2v) is 7.99. The summed E-state index contributed by atoms with van der Waals surface area (Å²) in [7, 11) is 0. The normalized spacial score (nSPS) is 12.0. The number of benzene rings is 3. The maximum atomic E-state index is 12.7. The minimum Gasteiger partial charge on any atom is -0.266 e. The Morgan fingerprint density at radius 3 is 2.17 bits per heavy atom. The first-order valence-corrected chi connectivity index (χ1v) is 10.2. The van der Waals surface area contributed by atoms with Gasteiger partial charge in [0.2, 0.25) is 4.96 Å². The summed E-state index contributed by atoms with van der Waals surface area (Å²) >= 11 is 7.26. The highest BCUT2D eigenvalue weighted by atomic mass is 35.5. The number of aromatic nitrogens is 3. The quantitative estimate of drug-likeness (QED) is 0.429. The second-order valence-electron chi connectivity index (χ2n) is 6.54. The fourth-order valence-corrected chi connectivity index (χ4v) is 4.14. The molecule has 0 saturated carbocycles. The lowest BCUT2D eigenvalue weighted by atomic mass is 10.0. The maximum Gasteiger partial charge on any atom is 0.291 e. The lowest BCUT2D eigenvalue weighted by molar-refractivity contribution is 0.937. The molecule has 5 aromatic rings. The molecule has 0 amide bonds. The summed E-state index contributed by atoms with van der Waals surface area (Å²) in [6, 6.07) is 25.6. The molecule has 2 heterocycles. The summed E-state index contributed by atoms with van der Waals surface area (Å²) in [6.45, 7) is 0. The van der Waals surface area contributed by atoms with Crippen LogP contribution in [0.15, 0.2) is 83.7 Å². The van der Waals surface area contributed by atoms with Gasteiger partial charge in [0.1, 0.15) is 0 Å². The van der Waals surface area contributed by atoms with Crippen LogP contribution in [0.5, 0.6) is 0 Å². The molecule has 0 radical (unpaired) electrons. The van der Waals surface area contributed by atoms with E-state index in [-0.39, 0.29) is 5.56 Å². The molecular weight excluding hydrogens is 402 g/mol. The summed E-state index contributed by atoms with van der Waals surface area (Å²) in [5.74, 6) is 0.517. The van der Waals surface area contributed by atoms with E-state index in [4.69, 9.17) is 11.6 Å². The number of hydrogen-bond donors (Lipinski definition) is 0. The van der Waals surface area contributed by atoms with Crippen molar-refractivity contribution in [3.8, 4) is 22.5 Å². The fraction of sp³-hybridized carbons (Fsp3) is 0. The topological polar surface area (TPSA) is 47.3 Å². The summed E-state index contributed by atoms with van der Waals surface area (Å²) in [5, 5.41) is 5.02. The van der Waals surface area contributed by atoms with Gasteiger partial charge in [-0.15, -0.1) is 5.10 Å². The van der Waals surface area contributed by atoms with Crippen molar-refractivity contribution in [2.45, 2.75) is 0 Å². The molecule has 0 bridgehead atoms. The SMILES string of the molecule is O=c1/c(=C\c2ccc(-c3ccccc3)cc2)sc2nc(-c3ccc(Cl)cc3)nn12. The number of fused-ring (bicyclic) bond motifs is 1. The van der Waals surface area contributed by atoms with Crippen molar-refractivity contribution in [1.82, 2.24) is 14.6 Å². The van der Waals surface area contributed by atoms with Gasteiger partial charge in [-0.05, 0) is 47.0 Å². The van der Waals surface area contributed by atoms with Crippen LogP contribution in [0.25, 0.3) is 33.6 Å². The van der Waals surface area contributed by atoms with Gasteiger partial charge in [0.05, 0.1) is 4.53 Å². The standard InChI is InChI=1S/C23H14ClN3OS/c24-19-12-10-18(11-13-19)21-25-23-27(26-21)22(28)20(29-23)14-15-6-8-17(9-7-15)16-4-2-1-3-5-16/h1-14H/b20-14+. The van der Waals surface area contributed by atoms with E-state index in [0.29, 0.717) is 20.3 Å². The summed E-state index contributed by atoms with van der Waals surface area (Å²) < 4.78 is 1.97. The molecule has 5 rings (SSSR count). The molecule has 29 heavy (non-hydrogen) atoms. The largest absolute Gasteiger partial charge is 0.291 e. The Morgan fingerprint density at radius 2 is 1.48 bits per heavy atom. The average molecular weight is 416 g/mol. The van der Waals surface area contributed by atoms with E-state index in [9.17, 15) is 4.79 Å². The van der Waals surface area contributed by atoms with Gasteiger partial charge in [0.15, 0.2) is 5.82 Å². The van der Waals surface area contributed by atoms with Crippen LogP contribution in [0.1, 0.15) is 5.56 Å². The van der Waals surface area contributed by atoms with Gasteiger partial charge in [-0.1, -0.05) is 77.5 Å². The third-order valence-corrected chi connectivity index (χ3v) is 5.81. The molecule has 0 aliphatic rings. The van der Waals surface area contributed by atoms with Crippen molar-refractivity contribution in [3.05, 3.63) is 104 Å². The molecule has 0 saturated heterocycles. The lowest BCUT2D eigenvalue weighted by Gasteiger charge is -2.01. The molecule has 0 unspecified atom stereocenters. The Balaban J connectivity index is 1.49. The van der Waals surface area contributed by atoms with Crippen molar-refractivity contribution >= 4 is 34.0 Å². The van der Waals surface area contributed by atoms with E-state index >= 15 is 0 Å². The van der Waals surface area contributed by atoms with E-state index in [1.807, 2.05) is 48.5 Å². The third-order valence-electron chi connectivity index (χ3n) is 4.60. The predicted molar refractivity (Wildman–Crippen MR) is 118 cm³/mol. The fourth-order valence-electron chi connectivity index (χ4n) is 3.11. The average Bonchev–Trinajstić information content (AvgIpc) is 3.29. The van der Waals surface area contributed by atoms with Gasteiger partial charge < -0.3 is 0 Å². The monoisotopic (exact) mass is 415 g/mol. The van der Waals surface area contributed by atoms with E-state index in [0.717, 1.165) is 22.3 Å². The van der Waals surface area contributed by atoms with Gasteiger partial charge in [-0.25, -0.2) is 0 Å². The van der Waals surface area contributed by atoms with Gasteiger partial charge in [-0.2, -0.15) is 9.50 Å². The Labute approximate surface area is 175 Å². The Morgan fingerprint density at radius 1 is 0.828 bits per heavy atom. The van der Waals surface area contributed by atoms with Crippen LogP contribution in [0.2, 0.25) is 5.02 Å². The maximum absolute atomic E-state index is 12.7. The highest BCUT2D eigenvalue weighted by Crippen LogP contribution is 2.20. The van der Waals surface area contributed by atoms with Crippen LogP contribution in [0, 0.1) is 0 Å². The lowest BCUT2D eigenvalue weighted by Crippen LogP contribution is -2.23. The Kier molecular flexibility index (Phi) is 4.46. The molecule has 2 aromatic heterocycles. The summed E-state index contributed by atoms with van der Waals surface area (Å²) in [6.07, 6.45) is 1.88. The first-order valence-electron chi connectivity index (χ1n) is 9.00. The first-order chi connectivity index (χ1) is 14.2. The molecule has 3 aromatic carbocycles. The van der Waals surface area contributed by atoms with Crippen molar-refractivity contribution in [2.24, 2.45) is 0 Å². The molecule has 0 fully saturated rings. The van der Waals surface area contributed by atoms with Crippen LogP contribution in [0.4, 0.5) is 0 Å². The zero-order valence-corrected chi connectivity index (χ0v) is 16.7. The van der Waals surface area contributed by atoms with E-state index in [1.165, 1.54) is 15.9 Å². The van der Waals surface area contributed by atoms with Crippen LogP contribution in [0.3, 0.4) is 0 Å². The number of rotatable bonds is 3. The Bertz CT molecular complexity index is 1410. The zero-order chi connectivity index (χ0) is 19.8. The van der Waals surface area contributed by atoms with Gasteiger partial charge >= 0.3 is 0 Å². The van der Waals surface area contributed by atoms with Crippen LogP contribution in [-0.4, -0.2) is 14.6 Å². The summed E-state index contributed by atoms with van der Waals surface area (Å²) in [5.41, 5.74) is 3.93. The van der Waals surface area contributed by atoms with Crippen molar-refractivity contribution < 1.29 is 0 Å². The number of nitrogens with zero attached hydrogens (tertiary/aromatic N) is 3. The van der Waals surface area contributed by atoms with Crippen LogP contribution in [-0.2, 0) is 0 Å². The van der Waals surface area contributed by atoms with Crippen molar-refractivity contribution in [1.29, 1.82) is 0 Å². The molecule has 6 heteroatoms. The van der Waals surface area contributed by atoms with Crippen LogP contribution >= 0.6 is 22.9 Å². The van der Waals surface area contributed by atoms with Gasteiger partial charge in [0, 0.05) is 10.6 Å². The smallest absolute Gasteiger partial charge is 0.266 e. The van der Waals surface area contributed by atoms with Crippen molar-refractivity contribution in [3.63, 3.8) is 0 Å². The highest BCUT2D eigenvalue weighted by molar-refractivity contribution is 7.15. The Hall–Kier alpha value is -3.28. The van der Waals surface area contributed by atoms with E-state index < -0.39 is 0 Å². The number of halogens is 1. The van der Waals surface area contributed by atoms with E-state index in [1.54, 1.807) is 12.1 Å². The minimum atomic E-state index is -0.162. The third kappa shape index (κ3) is 3.46. The minimum absolute atomic E-state index is 0.162. The molecule has 140 valence electrons. The molecule has 0 atom stereocenters. The zero-order valence-electron chi connectivity index (χ0n) is 15.1. The number of thiazole rings is 1.